The molecule has 7 heteroatoms. The van der Waals surface area contributed by atoms with Gasteiger partial charge < -0.3 is 14.8 Å². The second-order valence-corrected chi connectivity index (χ2v) is 4.98. The Morgan fingerprint density at radius 3 is 2.17 bits per heavy atom. The smallest absolute Gasteiger partial charge is 0.416 e. The number of carbonyl (C=O) groups excluding carboxylic acids is 1. The zero-order chi connectivity index (χ0) is 17.7. The maximum atomic E-state index is 12.5. The van der Waals surface area contributed by atoms with Gasteiger partial charge in [0.2, 0.25) is 0 Å². The van der Waals surface area contributed by atoms with Gasteiger partial charge in [0.15, 0.2) is 17.6 Å². The highest BCUT2D eigenvalue weighted by Crippen LogP contribution is 2.30. The van der Waals surface area contributed by atoms with Gasteiger partial charge >= 0.3 is 6.18 Å². The molecule has 0 spiro atoms. The molecule has 1 N–H and O–H groups in total. The average molecular weight is 339 g/mol. The second-order valence-electron chi connectivity index (χ2n) is 4.98. The molecule has 2 aromatic carbocycles. The third-order valence-corrected chi connectivity index (χ3v) is 3.22. The normalized spacial score (nSPS) is 12.4. The zero-order valence-corrected chi connectivity index (χ0v) is 13.1. The minimum Gasteiger partial charge on any atom is -0.493 e. The van der Waals surface area contributed by atoms with Gasteiger partial charge in [0.25, 0.3) is 5.91 Å². The molecule has 24 heavy (non-hydrogen) atoms. The Kier molecular flexibility index (Phi) is 5.33. The van der Waals surface area contributed by atoms with Crippen LogP contribution in [0, 0.1) is 0 Å². The van der Waals surface area contributed by atoms with Crippen molar-refractivity contribution in [3.8, 4) is 11.5 Å². The fourth-order valence-electron chi connectivity index (χ4n) is 1.95. The van der Waals surface area contributed by atoms with Crippen LogP contribution in [0.2, 0.25) is 0 Å². The van der Waals surface area contributed by atoms with Gasteiger partial charge in [-0.25, -0.2) is 0 Å². The molecule has 1 atom stereocenters. The van der Waals surface area contributed by atoms with Crippen LogP contribution < -0.4 is 14.8 Å². The summed E-state index contributed by atoms with van der Waals surface area (Å²) in [6, 6.07) is 11.0. The third kappa shape index (κ3) is 4.41. The van der Waals surface area contributed by atoms with E-state index in [9.17, 15) is 18.0 Å². The summed E-state index contributed by atoms with van der Waals surface area (Å²) >= 11 is 0. The Labute approximate surface area is 137 Å². The van der Waals surface area contributed by atoms with Gasteiger partial charge in [0.1, 0.15) is 0 Å². The maximum absolute atomic E-state index is 12.5. The fraction of sp³-hybridized carbons (Fsp3) is 0.235. The predicted molar refractivity (Wildman–Crippen MR) is 83.2 cm³/mol. The van der Waals surface area contributed by atoms with Crippen LogP contribution >= 0.6 is 0 Å². The van der Waals surface area contributed by atoms with E-state index in [0.29, 0.717) is 11.5 Å². The highest BCUT2D eigenvalue weighted by atomic mass is 19.4. The number of hydrogen-bond acceptors (Lipinski definition) is 3. The molecule has 0 heterocycles. The van der Waals surface area contributed by atoms with Gasteiger partial charge in [-0.15, -0.1) is 0 Å². The quantitative estimate of drug-likeness (QED) is 0.891. The van der Waals surface area contributed by atoms with E-state index in [4.69, 9.17) is 9.47 Å². The van der Waals surface area contributed by atoms with Crippen LogP contribution in [-0.2, 0) is 11.0 Å². The van der Waals surface area contributed by atoms with E-state index < -0.39 is 23.8 Å². The molecule has 0 aliphatic carbocycles. The number of methoxy groups -OCH3 is 1. The minimum atomic E-state index is -4.41. The Bertz CT molecular complexity index is 699. The van der Waals surface area contributed by atoms with Crippen LogP contribution in [-0.4, -0.2) is 19.1 Å². The molecular formula is C17H16F3NO3. The number of hydrogen-bond donors (Lipinski definition) is 1. The van der Waals surface area contributed by atoms with E-state index in [-0.39, 0.29) is 5.69 Å². The van der Waals surface area contributed by atoms with Crippen molar-refractivity contribution in [3.63, 3.8) is 0 Å². The van der Waals surface area contributed by atoms with Crippen LogP contribution in [0.3, 0.4) is 0 Å². The molecule has 0 aliphatic heterocycles. The molecule has 1 amide bonds. The van der Waals surface area contributed by atoms with Crippen molar-refractivity contribution in [2.24, 2.45) is 0 Å². The summed E-state index contributed by atoms with van der Waals surface area (Å²) < 4.78 is 48.2. The largest absolute Gasteiger partial charge is 0.493 e. The van der Waals surface area contributed by atoms with Gasteiger partial charge in [0.05, 0.1) is 12.7 Å². The van der Waals surface area contributed by atoms with E-state index in [1.165, 1.54) is 26.2 Å². The summed E-state index contributed by atoms with van der Waals surface area (Å²) in [5.74, 6) is 0.391. The van der Waals surface area contributed by atoms with E-state index >= 15 is 0 Å². The summed E-state index contributed by atoms with van der Waals surface area (Å²) in [5.41, 5.74) is -0.526. The van der Waals surface area contributed by atoms with Crippen molar-refractivity contribution in [2.45, 2.75) is 19.2 Å². The van der Waals surface area contributed by atoms with Crippen molar-refractivity contribution in [3.05, 3.63) is 54.1 Å². The lowest BCUT2D eigenvalue weighted by atomic mass is 10.2. The lowest BCUT2D eigenvalue weighted by Crippen LogP contribution is -2.30. The molecule has 2 rings (SSSR count). The van der Waals surface area contributed by atoms with Gasteiger partial charge in [-0.05, 0) is 43.3 Å². The molecular weight excluding hydrogens is 323 g/mol. The number of para-hydroxylation sites is 2. The van der Waals surface area contributed by atoms with E-state index in [1.807, 2.05) is 0 Å². The number of nitrogens with one attached hydrogen (secondary N) is 1. The molecule has 0 radical (unpaired) electrons. The molecule has 0 bridgehead atoms. The zero-order valence-electron chi connectivity index (χ0n) is 13.1. The number of amides is 1. The number of rotatable bonds is 5. The molecule has 128 valence electrons. The average Bonchev–Trinajstić information content (AvgIpc) is 2.55. The molecule has 0 saturated carbocycles. The molecule has 0 saturated heterocycles. The van der Waals surface area contributed by atoms with Gasteiger partial charge in [-0.3, -0.25) is 4.79 Å². The van der Waals surface area contributed by atoms with Crippen LogP contribution in [0.4, 0.5) is 18.9 Å². The summed E-state index contributed by atoms with van der Waals surface area (Å²) in [5, 5.41) is 2.51. The first-order chi connectivity index (χ1) is 11.3. The summed E-state index contributed by atoms with van der Waals surface area (Å²) in [4.78, 5) is 12.1. The number of halogens is 3. The van der Waals surface area contributed by atoms with Crippen LogP contribution in [0.25, 0.3) is 0 Å². The Balaban J connectivity index is 2.01. The Hall–Kier alpha value is -2.70. The van der Waals surface area contributed by atoms with Crippen molar-refractivity contribution in [1.82, 2.24) is 0 Å². The number of benzene rings is 2. The first-order valence-corrected chi connectivity index (χ1v) is 7.09. The molecule has 0 aromatic heterocycles. The van der Waals surface area contributed by atoms with Crippen LogP contribution in [0.15, 0.2) is 48.5 Å². The first kappa shape index (κ1) is 17.7. The number of alkyl halides is 3. The highest BCUT2D eigenvalue weighted by molar-refractivity contribution is 5.94. The van der Waals surface area contributed by atoms with E-state index in [1.54, 1.807) is 24.3 Å². The van der Waals surface area contributed by atoms with Crippen LogP contribution in [0.1, 0.15) is 12.5 Å². The highest BCUT2D eigenvalue weighted by Gasteiger charge is 2.30. The lowest BCUT2D eigenvalue weighted by Gasteiger charge is -2.16. The summed E-state index contributed by atoms with van der Waals surface area (Å²) in [7, 11) is 1.48. The predicted octanol–water partition coefficient (Wildman–Crippen LogP) is 4.12. The van der Waals surface area contributed by atoms with Crippen molar-refractivity contribution in [2.75, 3.05) is 12.4 Å². The summed E-state index contributed by atoms with van der Waals surface area (Å²) in [6.45, 7) is 1.53. The molecule has 4 nitrogen and oxygen atoms in total. The second kappa shape index (κ2) is 7.25. The van der Waals surface area contributed by atoms with Gasteiger partial charge in [-0.1, -0.05) is 12.1 Å². The van der Waals surface area contributed by atoms with E-state index in [2.05, 4.69) is 5.32 Å². The first-order valence-electron chi connectivity index (χ1n) is 7.09. The third-order valence-electron chi connectivity index (χ3n) is 3.22. The molecule has 2 aromatic rings. The number of anilines is 1. The SMILES string of the molecule is COc1ccccc1O[C@H](C)C(=O)Nc1ccc(C(F)(F)F)cc1. The lowest BCUT2D eigenvalue weighted by molar-refractivity contribution is -0.137. The maximum Gasteiger partial charge on any atom is 0.416 e. The standard InChI is InChI=1S/C17H16F3NO3/c1-11(24-15-6-4-3-5-14(15)23-2)16(22)21-13-9-7-12(8-10-13)17(18,19)20/h3-11H,1-2H3,(H,21,22)/t11-/m1/s1. The van der Waals surface area contributed by atoms with Crippen molar-refractivity contribution in [1.29, 1.82) is 0 Å². The monoisotopic (exact) mass is 339 g/mol. The molecule has 0 aliphatic rings. The molecule has 0 unspecified atom stereocenters. The van der Waals surface area contributed by atoms with Crippen LogP contribution in [0.5, 0.6) is 11.5 Å². The fourth-order valence-corrected chi connectivity index (χ4v) is 1.95. The van der Waals surface area contributed by atoms with Gasteiger partial charge in [-0.2, -0.15) is 13.2 Å². The Morgan fingerprint density at radius 1 is 1.04 bits per heavy atom. The number of carbonyl (C=O) groups is 1. The Morgan fingerprint density at radius 2 is 1.62 bits per heavy atom. The van der Waals surface area contributed by atoms with Crippen molar-refractivity contribution >= 4 is 11.6 Å². The van der Waals surface area contributed by atoms with Crippen molar-refractivity contribution < 1.29 is 27.4 Å². The minimum absolute atomic E-state index is 0.253. The summed E-state index contributed by atoms with van der Waals surface area (Å²) in [6.07, 6.45) is -5.27. The molecule has 0 fully saturated rings. The topological polar surface area (TPSA) is 47.6 Å². The number of ether oxygens (including phenoxy) is 2. The van der Waals surface area contributed by atoms with E-state index in [0.717, 1.165) is 12.1 Å². The van der Waals surface area contributed by atoms with Gasteiger partial charge in [0, 0.05) is 5.69 Å².